The van der Waals surface area contributed by atoms with Gasteiger partial charge in [0, 0.05) is 12.2 Å². The van der Waals surface area contributed by atoms with E-state index in [4.69, 9.17) is 5.11 Å². The molecule has 94 valence electrons. The van der Waals surface area contributed by atoms with Crippen LogP contribution in [0.1, 0.15) is 19.3 Å². The maximum atomic E-state index is 11.9. The molecule has 0 heterocycles. The topological polar surface area (TPSA) is 40.5 Å². The minimum atomic E-state index is -0.848. The molecule has 0 atom stereocenters. The molecule has 0 aliphatic rings. The van der Waals surface area contributed by atoms with Gasteiger partial charge in [-0.3, -0.25) is 9.18 Å². The lowest BCUT2D eigenvalue weighted by atomic mass is 10.2. The molecular weight excluding hydrogens is 221 g/mol. The molecule has 1 aromatic carbocycles. The minimum absolute atomic E-state index is 0.0142. The monoisotopic (exact) mass is 239 g/mol. The first-order valence-electron chi connectivity index (χ1n) is 5.82. The molecule has 0 amide bonds. The quantitative estimate of drug-likeness (QED) is 0.709. The Kier molecular flexibility index (Phi) is 6.07. The largest absolute Gasteiger partial charge is 0.480 e. The molecule has 4 heteroatoms. The number of carboxylic acids is 1. The van der Waals surface area contributed by atoms with Gasteiger partial charge < -0.3 is 10.0 Å². The van der Waals surface area contributed by atoms with Crippen molar-refractivity contribution in [3.05, 3.63) is 30.3 Å². The number of hydrogen-bond donors (Lipinski definition) is 1. The summed E-state index contributed by atoms with van der Waals surface area (Å²) in [6.45, 7) is 0.334. The van der Waals surface area contributed by atoms with Crippen LogP contribution in [0.2, 0.25) is 0 Å². The van der Waals surface area contributed by atoms with Crippen molar-refractivity contribution in [2.75, 3.05) is 24.7 Å². The van der Waals surface area contributed by atoms with E-state index in [1.54, 1.807) is 4.90 Å². The fourth-order valence-corrected chi connectivity index (χ4v) is 1.68. The number of nitrogens with zero attached hydrogens (tertiary/aromatic N) is 1. The highest BCUT2D eigenvalue weighted by Gasteiger charge is 2.09. The van der Waals surface area contributed by atoms with Gasteiger partial charge in [-0.25, -0.2) is 0 Å². The molecule has 17 heavy (non-hydrogen) atoms. The molecule has 1 N–H and O–H groups in total. The zero-order chi connectivity index (χ0) is 12.5. The molecule has 0 fully saturated rings. The number of unbranched alkanes of at least 4 members (excludes halogenated alkanes) is 2. The van der Waals surface area contributed by atoms with Crippen molar-refractivity contribution in [2.45, 2.75) is 19.3 Å². The SMILES string of the molecule is O=C(O)CN(CCCCCF)c1ccccc1. The highest BCUT2D eigenvalue weighted by atomic mass is 19.1. The number of para-hydroxylation sites is 1. The first kappa shape index (κ1) is 13.5. The van der Waals surface area contributed by atoms with E-state index in [0.29, 0.717) is 13.0 Å². The third kappa shape index (κ3) is 5.33. The van der Waals surface area contributed by atoms with Gasteiger partial charge in [0.25, 0.3) is 0 Å². The number of rotatable bonds is 8. The average Bonchev–Trinajstić information content (AvgIpc) is 2.34. The Morgan fingerprint density at radius 1 is 1.18 bits per heavy atom. The van der Waals surface area contributed by atoms with Crippen molar-refractivity contribution < 1.29 is 14.3 Å². The predicted octanol–water partition coefficient (Wildman–Crippen LogP) is 2.72. The molecule has 0 aromatic heterocycles. The lowest BCUT2D eigenvalue weighted by molar-refractivity contribution is -0.135. The molecule has 0 saturated heterocycles. The molecular formula is C13H18FNO2. The Hall–Kier alpha value is -1.58. The molecule has 0 radical (unpaired) electrons. The summed E-state index contributed by atoms with van der Waals surface area (Å²) >= 11 is 0. The number of carbonyl (C=O) groups is 1. The van der Waals surface area contributed by atoms with Gasteiger partial charge in [-0.1, -0.05) is 18.2 Å². The van der Waals surface area contributed by atoms with Gasteiger partial charge in [0.15, 0.2) is 0 Å². The summed E-state index contributed by atoms with van der Waals surface area (Å²) in [7, 11) is 0. The molecule has 0 aliphatic heterocycles. The summed E-state index contributed by atoms with van der Waals surface area (Å²) in [5.41, 5.74) is 0.898. The molecule has 0 bridgehead atoms. The van der Waals surface area contributed by atoms with Crippen molar-refractivity contribution in [2.24, 2.45) is 0 Å². The van der Waals surface area contributed by atoms with Crippen LogP contribution in [0.15, 0.2) is 30.3 Å². The number of benzene rings is 1. The first-order chi connectivity index (χ1) is 8.24. The summed E-state index contributed by atoms with van der Waals surface area (Å²) in [5, 5.41) is 8.85. The van der Waals surface area contributed by atoms with Crippen molar-refractivity contribution >= 4 is 11.7 Å². The number of aliphatic carboxylic acids is 1. The van der Waals surface area contributed by atoms with Crippen molar-refractivity contribution in [3.63, 3.8) is 0 Å². The van der Waals surface area contributed by atoms with Gasteiger partial charge in [-0.05, 0) is 31.4 Å². The molecule has 3 nitrogen and oxygen atoms in total. The van der Waals surface area contributed by atoms with Gasteiger partial charge in [0.1, 0.15) is 6.54 Å². The number of carboxylic acid groups (broad SMARTS) is 1. The van der Waals surface area contributed by atoms with Crippen LogP contribution in [0.5, 0.6) is 0 Å². The molecule has 1 rings (SSSR count). The zero-order valence-electron chi connectivity index (χ0n) is 9.81. The van der Waals surface area contributed by atoms with Gasteiger partial charge in [-0.2, -0.15) is 0 Å². The standard InChI is InChI=1S/C13H18FNO2/c14-9-5-2-6-10-15(11-13(16)17)12-7-3-1-4-8-12/h1,3-4,7-8H,2,5-6,9-11H2,(H,16,17). The minimum Gasteiger partial charge on any atom is -0.480 e. The smallest absolute Gasteiger partial charge is 0.323 e. The third-order valence-corrected chi connectivity index (χ3v) is 2.51. The summed E-state index contributed by atoms with van der Waals surface area (Å²) in [5.74, 6) is -0.848. The first-order valence-corrected chi connectivity index (χ1v) is 5.82. The normalized spacial score (nSPS) is 10.2. The second kappa shape index (κ2) is 7.65. The van der Waals surface area contributed by atoms with Crippen LogP contribution in [0.25, 0.3) is 0 Å². The third-order valence-electron chi connectivity index (χ3n) is 2.51. The fraction of sp³-hybridized carbons (Fsp3) is 0.462. The molecule has 0 saturated carbocycles. The predicted molar refractivity (Wildman–Crippen MR) is 66.1 cm³/mol. The van der Waals surface area contributed by atoms with Gasteiger partial charge in [0.05, 0.1) is 6.67 Å². The summed E-state index contributed by atoms with van der Waals surface area (Å²) in [6.07, 6.45) is 2.15. The van der Waals surface area contributed by atoms with E-state index < -0.39 is 5.97 Å². The molecule has 0 aliphatic carbocycles. The number of anilines is 1. The second-order valence-electron chi connectivity index (χ2n) is 3.90. The molecule has 1 aromatic rings. The maximum absolute atomic E-state index is 11.9. The number of alkyl halides is 1. The van der Waals surface area contributed by atoms with Crippen LogP contribution >= 0.6 is 0 Å². The van der Waals surface area contributed by atoms with Gasteiger partial charge in [0.2, 0.25) is 0 Å². The van der Waals surface area contributed by atoms with Crippen LogP contribution in [0.3, 0.4) is 0 Å². The van der Waals surface area contributed by atoms with Gasteiger partial charge >= 0.3 is 5.97 Å². The average molecular weight is 239 g/mol. The van der Waals surface area contributed by atoms with Crippen molar-refractivity contribution in [1.29, 1.82) is 0 Å². The van der Waals surface area contributed by atoms with E-state index in [1.165, 1.54) is 0 Å². The summed E-state index contributed by atoms with van der Waals surface area (Å²) in [4.78, 5) is 12.6. The summed E-state index contributed by atoms with van der Waals surface area (Å²) in [6, 6.07) is 9.43. The number of hydrogen-bond acceptors (Lipinski definition) is 2. The van der Waals surface area contributed by atoms with Crippen LogP contribution in [-0.2, 0) is 4.79 Å². The lowest BCUT2D eigenvalue weighted by Crippen LogP contribution is -2.30. The van der Waals surface area contributed by atoms with E-state index in [-0.39, 0.29) is 13.2 Å². The van der Waals surface area contributed by atoms with E-state index in [2.05, 4.69) is 0 Å². The van der Waals surface area contributed by atoms with Crippen molar-refractivity contribution in [3.8, 4) is 0 Å². The highest BCUT2D eigenvalue weighted by molar-refractivity contribution is 5.73. The lowest BCUT2D eigenvalue weighted by Gasteiger charge is -2.22. The molecule has 0 unspecified atom stereocenters. The Labute approximate surface area is 101 Å². The summed E-state index contributed by atoms with van der Waals surface area (Å²) < 4.78 is 11.9. The Balaban J connectivity index is 2.52. The van der Waals surface area contributed by atoms with Gasteiger partial charge in [-0.15, -0.1) is 0 Å². The van der Waals surface area contributed by atoms with Crippen molar-refractivity contribution in [1.82, 2.24) is 0 Å². The Morgan fingerprint density at radius 2 is 1.88 bits per heavy atom. The highest BCUT2D eigenvalue weighted by Crippen LogP contribution is 2.14. The number of halogens is 1. The van der Waals surface area contributed by atoms with E-state index in [9.17, 15) is 9.18 Å². The second-order valence-corrected chi connectivity index (χ2v) is 3.90. The Morgan fingerprint density at radius 3 is 2.47 bits per heavy atom. The Bertz CT molecular complexity index is 329. The van der Waals surface area contributed by atoms with Crippen LogP contribution in [0.4, 0.5) is 10.1 Å². The van der Waals surface area contributed by atoms with E-state index >= 15 is 0 Å². The van der Waals surface area contributed by atoms with Crippen LogP contribution in [0, 0.1) is 0 Å². The van der Waals surface area contributed by atoms with E-state index in [0.717, 1.165) is 18.5 Å². The van der Waals surface area contributed by atoms with Crippen LogP contribution in [-0.4, -0.2) is 30.8 Å². The van der Waals surface area contributed by atoms with Crippen LogP contribution < -0.4 is 4.90 Å². The maximum Gasteiger partial charge on any atom is 0.323 e. The zero-order valence-corrected chi connectivity index (χ0v) is 9.81. The van der Waals surface area contributed by atoms with E-state index in [1.807, 2.05) is 30.3 Å². The molecule has 0 spiro atoms. The fourth-order valence-electron chi connectivity index (χ4n) is 1.68.